The molecule has 20 heavy (non-hydrogen) atoms. The van der Waals surface area contributed by atoms with Gasteiger partial charge in [-0.3, -0.25) is 4.90 Å². The number of ether oxygens (including phenoxy) is 2. The third-order valence-electron chi connectivity index (χ3n) is 3.25. The smallest absolute Gasteiger partial charge is 0.119 e. The summed E-state index contributed by atoms with van der Waals surface area (Å²) < 4.78 is 11.0. The van der Waals surface area contributed by atoms with Crippen molar-refractivity contribution in [3.63, 3.8) is 0 Å². The second-order valence-corrected chi connectivity index (χ2v) is 5.66. The van der Waals surface area contributed by atoms with Crippen molar-refractivity contribution in [1.82, 2.24) is 4.90 Å². The summed E-state index contributed by atoms with van der Waals surface area (Å²) in [6, 6.07) is 8.00. The van der Waals surface area contributed by atoms with Crippen molar-refractivity contribution in [3.8, 4) is 5.75 Å². The zero-order valence-electron chi connectivity index (χ0n) is 12.0. The van der Waals surface area contributed by atoms with Crippen LogP contribution in [0.25, 0.3) is 0 Å². The maximum absolute atomic E-state index is 5.94. The van der Waals surface area contributed by atoms with Crippen molar-refractivity contribution in [1.29, 1.82) is 0 Å². The molecule has 0 saturated carbocycles. The second kappa shape index (κ2) is 7.02. The van der Waals surface area contributed by atoms with E-state index < -0.39 is 0 Å². The maximum atomic E-state index is 5.94. The molecule has 1 aliphatic heterocycles. The molecule has 1 unspecified atom stereocenters. The minimum absolute atomic E-state index is 0.0259. The Labute approximate surface area is 125 Å². The summed E-state index contributed by atoms with van der Waals surface area (Å²) in [5.41, 5.74) is 7.04. The van der Waals surface area contributed by atoms with Gasteiger partial charge < -0.3 is 15.2 Å². The quantitative estimate of drug-likeness (QED) is 0.843. The average Bonchev–Trinajstić information content (AvgIpc) is 2.41. The van der Waals surface area contributed by atoms with Gasteiger partial charge in [-0.25, -0.2) is 0 Å². The lowest BCUT2D eigenvalue weighted by molar-refractivity contribution is 0.0289. The van der Waals surface area contributed by atoms with Gasteiger partial charge in [0.25, 0.3) is 0 Å². The molecule has 0 spiro atoms. The van der Waals surface area contributed by atoms with E-state index in [4.69, 9.17) is 27.4 Å². The van der Waals surface area contributed by atoms with Gasteiger partial charge in [-0.05, 0) is 31.5 Å². The molecule has 4 nitrogen and oxygen atoms in total. The van der Waals surface area contributed by atoms with Crippen molar-refractivity contribution in [2.24, 2.45) is 5.73 Å². The van der Waals surface area contributed by atoms with E-state index in [9.17, 15) is 0 Å². The highest BCUT2D eigenvalue weighted by molar-refractivity contribution is 7.80. The van der Waals surface area contributed by atoms with Gasteiger partial charge in [-0.1, -0.05) is 24.4 Å². The molecule has 1 heterocycles. The highest BCUT2D eigenvalue weighted by Gasteiger charge is 2.24. The molecule has 2 N–H and O–H groups in total. The average molecular weight is 294 g/mol. The Bertz CT molecular complexity index is 442. The molecule has 1 aromatic rings. The Morgan fingerprint density at radius 2 is 1.85 bits per heavy atom. The van der Waals surface area contributed by atoms with Crippen LogP contribution >= 0.6 is 12.2 Å². The van der Waals surface area contributed by atoms with E-state index >= 15 is 0 Å². The first kappa shape index (κ1) is 15.2. The molecule has 1 fully saturated rings. The van der Waals surface area contributed by atoms with Gasteiger partial charge in [-0.15, -0.1) is 0 Å². The van der Waals surface area contributed by atoms with Crippen molar-refractivity contribution >= 4 is 17.2 Å². The zero-order chi connectivity index (χ0) is 14.5. The lowest BCUT2D eigenvalue weighted by atomic mass is 10.0. The van der Waals surface area contributed by atoms with Gasteiger partial charge in [0.1, 0.15) is 5.75 Å². The van der Waals surface area contributed by atoms with Crippen LogP contribution in [0.15, 0.2) is 24.3 Å². The third kappa shape index (κ3) is 3.91. The number of nitrogens with two attached hydrogens (primary N) is 1. The normalized spacial score (nSPS) is 17.9. The van der Waals surface area contributed by atoms with E-state index in [0.29, 0.717) is 4.99 Å². The zero-order valence-corrected chi connectivity index (χ0v) is 12.9. The van der Waals surface area contributed by atoms with E-state index in [1.807, 2.05) is 38.1 Å². The molecule has 5 heteroatoms. The standard InChI is InChI=1S/C15H22N2O2S/c1-11(2)19-13-5-3-12(4-6-13)14(15(16)20)17-7-9-18-10-8-17/h3-6,11,14H,7-10H2,1-2H3,(H2,16,20). The Kier molecular flexibility index (Phi) is 5.34. The molecule has 1 atom stereocenters. The predicted molar refractivity (Wildman–Crippen MR) is 84.1 cm³/mol. The monoisotopic (exact) mass is 294 g/mol. The Balaban J connectivity index is 2.14. The van der Waals surface area contributed by atoms with Gasteiger partial charge in [0.2, 0.25) is 0 Å². The van der Waals surface area contributed by atoms with Crippen molar-refractivity contribution in [3.05, 3.63) is 29.8 Å². The number of hydrogen-bond donors (Lipinski definition) is 1. The molecular weight excluding hydrogens is 272 g/mol. The van der Waals surface area contributed by atoms with Crippen molar-refractivity contribution in [2.75, 3.05) is 26.3 Å². The van der Waals surface area contributed by atoms with Crippen LogP contribution in [0, 0.1) is 0 Å². The Morgan fingerprint density at radius 1 is 1.25 bits per heavy atom. The maximum Gasteiger partial charge on any atom is 0.119 e. The number of thiocarbonyl (C=S) groups is 1. The lowest BCUT2D eigenvalue weighted by Crippen LogP contribution is -2.43. The second-order valence-electron chi connectivity index (χ2n) is 5.19. The summed E-state index contributed by atoms with van der Waals surface area (Å²) in [5.74, 6) is 0.868. The van der Waals surface area contributed by atoms with Gasteiger partial charge in [0.05, 0.1) is 30.3 Å². The summed E-state index contributed by atoms with van der Waals surface area (Å²) in [7, 11) is 0. The SMILES string of the molecule is CC(C)Oc1ccc(C(C(N)=S)N2CCOCC2)cc1. The molecule has 0 aliphatic carbocycles. The topological polar surface area (TPSA) is 47.7 Å². The van der Waals surface area contributed by atoms with Crippen LogP contribution in [0.2, 0.25) is 0 Å². The fourth-order valence-corrected chi connectivity index (χ4v) is 2.68. The van der Waals surface area contributed by atoms with Crippen molar-refractivity contribution < 1.29 is 9.47 Å². The van der Waals surface area contributed by atoms with Crippen LogP contribution in [-0.2, 0) is 4.74 Å². The van der Waals surface area contributed by atoms with Crippen LogP contribution in [0.5, 0.6) is 5.75 Å². The third-order valence-corrected chi connectivity index (χ3v) is 3.47. The summed E-state index contributed by atoms with van der Waals surface area (Å²) >= 11 is 5.25. The highest BCUT2D eigenvalue weighted by atomic mass is 32.1. The Morgan fingerprint density at radius 3 is 2.35 bits per heavy atom. The fraction of sp³-hybridized carbons (Fsp3) is 0.533. The first-order chi connectivity index (χ1) is 9.58. The van der Waals surface area contributed by atoms with E-state index in [1.165, 1.54) is 0 Å². The number of rotatable bonds is 5. The van der Waals surface area contributed by atoms with Gasteiger partial charge in [0, 0.05) is 13.1 Å². The van der Waals surface area contributed by atoms with E-state index in [1.54, 1.807) is 0 Å². The highest BCUT2D eigenvalue weighted by Crippen LogP contribution is 2.24. The summed E-state index contributed by atoms with van der Waals surface area (Å²) in [6.07, 6.45) is 0.173. The van der Waals surface area contributed by atoms with Crippen LogP contribution in [0.4, 0.5) is 0 Å². The first-order valence-electron chi connectivity index (χ1n) is 6.95. The molecule has 0 aromatic heterocycles. The lowest BCUT2D eigenvalue weighted by Gasteiger charge is -2.34. The largest absolute Gasteiger partial charge is 0.491 e. The molecule has 0 amide bonds. The van der Waals surface area contributed by atoms with E-state index in [0.717, 1.165) is 37.6 Å². The molecule has 0 radical (unpaired) electrons. The van der Waals surface area contributed by atoms with Gasteiger partial charge >= 0.3 is 0 Å². The number of benzene rings is 1. The summed E-state index contributed by atoms with van der Waals surface area (Å²) in [6.45, 7) is 7.19. The first-order valence-corrected chi connectivity index (χ1v) is 7.36. The van der Waals surface area contributed by atoms with Crippen LogP contribution < -0.4 is 10.5 Å². The molecule has 1 aliphatic rings. The minimum atomic E-state index is -0.0259. The van der Waals surface area contributed by atoms with Gasteiger partial charge in [0.15, 0.2) is 0 Å². The van der Waals surface area contributed by atoms with Crippen LogP contribution in [0.1, 0.15) is 25.5 Å². The number of hydrogen-bond acceptors (Lipinski definition) is 4. The summed E-state index contributed by atoms with van der Waals surface area (Å²) in [4.78, 5) is 2.77. The molecule has 2 rings (SSSR count). The molecule has 0 bridgehead atoms. The van der Waals surface area contributed by atoms with Crippen LogP contribution in [-0.4, -0.2) is 42.3 Å². The number of morpholine rings is 1. The van der Waals surface area contributed by atoms with Gasteiger partial charge in [-0.2, -0.15) is 0 Å². The minimum Gasteiger partial charge on any atom is -0.491 e. The van der Waals surface area contributed by atoms with E-state index in [2.05, 4.69) is 4.90 Å². The van der Waals surface area contributed by atoms with E-state index in [-0.39, 0.29) is 12.1 Å². The number of nitrogens with zero attached hydrogens (tertiary/aromatic N) is 1. The molecule has 1 saturated heterocycles. The summed E-state index contributed by atoms with van der Waals surface area (Å²) in [5, 5.41) is 0. The fourth-order valence-electron chi connectivity index (χ4n) is 2.39. The predicted octanol–water partition coefficient (Wildman–Crippen LogP) is 2.13. The molecule has 1 aromatic carbocycles. The Hall–Kier alpha value is -1.17. The molecular formula is C15H22N2O2S. The van der Waals surface area contributed by atoms with Crippen molar-refractivity contribution in [2.45, 2.75) is 26.0 Å². The van der Waals surface area contributed by atoms with Crippen LogP contribution in [0.3, 0.4) is 0 Å². The molecule has 110 valence electrons.